The minimum Gasteiger partial charge on any atom is -0.480 e. The molecule has 0 saturated carbocycles. The van der Waals surface area contributed by atoms with Crippen LogP contribution in [0.15, 0.2) is 10.7 Å². The van der Waals surface area contributed by atoms with Gasteiger partial charge in [-0.05, 0) is 29.3 Å². The Morgan fingerprint density at radius 1 is 1.67 bits per heavy atom. The van der Waals surface area contributed by atoms with Gasteiger partial charge < -0.3 is 15.8 Å². The second-order valence-electron chi connectivity index (χ2n) is 3.24. The van der Waals surface area contributed by atoms with Crippen LogP contribution in [0.25, 0.3) is 0 Å². The molecule has 0 aliphatic carbocycles. The third-order valence-corrected chi connectivity index (χ3v) is 2.33. The summed E-state index contributed by atoms with van der Waals surface area (Å²) in [7, 11) is 1.57. The van der Waals surface area contributed by atoms with Gasteiger partial charge in [-0.25, -0.2) is 4.98 Å². The van der Waals surface area contributed by atoms with Crippen LogP contribution in [-0.4, -0.2) is 29.7 Å². The van der Waals surface area contributed by atoms with Gasteiger partial charge in [0.25, 0.3) is 0 Å². The minimum atomic E-state index is 0.176. The summed E-state index contributed by atoms with van der Waals surface area (Å²) < 4.78 is 5.79. The number of nitrogens with one attached hydrogen (secondary N) is 1. The van der Waals surface area contributed by atoms with Crippen LogP contribution >= 0.6 is 15.9 Å². The number of hydrogen-bond donors (Lipinski definition) is 2. The fraction of sp³-hybridized carbons (Fsp3) is 0.556. The summed E-state index contributed by atoms with van der Waals surface area (Å²) in [6.45, 7) is 2.72. The lowest BCUT2D eigenvalue weighted by atomic mass is 10.2. The fourth-order valence-corrected chi connectivity index (χ4v) is 1.34. The van der Waals surface area contributed by atoms with Crippen LogP contribution in [0.2, 0.25) is 0 Å². The topological polar surface area (TPSA) is 73.1 Å². The van der Waals surface area contributed by atoms with Gasteiger partial charge >= 0.3 is 0 Å². The molecule has 0 amide bonds. The standard InChI is InChI=1S/C9H15BrN4O/c1-6(11)3-4-12-9-13-5-7(10)8(14-9)15-2/h5-6H,3-4,11H2,1-2H3,(H,12,13,14). The van der Waals surface area contributed by atoms with Crippen LogP contribution < -0.4 is 15.8 Å². The quantitative estimate of drug-likeness (QED) is 0.849. The summed E-state index contributed by atoms with van der Waals surface area (Å²) in [5, 5.41) is 3.07. The molecule has 0 spiro atoms. The van der Waals surface area contributed by atoms with Gasteiger partial charge in [-0.2, -0.15) is 4.98 Å². The molecule has 1 heterocycles. The van der Waals surface area contributed by atoms with Crippen LogP contribution in [0.1, 0.15) is 13.3 Å². The van der Waals surface area contributed by atoms with Crippen molar-refractivity contribution in [3.05, 3.63) is 10.7 Å². The van der Waals surface area contributed by atoms with E-state index in [1.807, 2.05) is 6.92 Å². The molecule has 0 aromatic carbocycles. The lowest BCUT2D eigenvalue weighted by Gasteiger charge is -2.08. The summed E-state index contributed by atoms with van der Waals surface area (Å²) in [6, 6.07) is 0.176. The summed E-state index contributed by atoms with van der Waals surface area (Å²) in [4.78, 5) is 8.25. The molecule has 1 unspecified atom stereocenters. The molecular formula is C9H15BrN4O. The molecule has 15 heavy (non-hydrogen) atoms. The molecule has 0 fully saturated rings. The van der Waals surface area contributed by atoms with Gasteiger partial charge in [-0.15, -0.1) is 0 Å². The highest BCUT2D eigenvalue weighted by Crippen LogP contribution is 2.21. The van der Waals surface area contributed by atoms with E-state index in [2.05, 4.69) is 31.2 Å². The van der Waals surface area contributed by atoms with E-state index in [-0.39, 0.29) is 6.04 Å². The Morgan fingerprint density at radius 2 is 2.40 bits per heavy atom. The molecule has 3 N–H and O–H groups in total. The average Bonchev–Trinajstić information content (AvgIpc) is 2.20. The predicted octanol–water partition coefficient (Wildman–Crippen LogP) is 1.40. The van der Waals surface area contributed by atoms with E-state index < -0.39 is 0 Å². The number of anilines is 1. The Balaban J connectivity index is 2.54. The summed E-state index contributed by atoms with van der Waals surface area (Å²) >= 11 is 3.28. The van der Waals surface area contributed by atoms with E-state index in [4.69, 9.17) is 10.5 Å². The van der Waals surface area contributed by atoms with Crippen molar-refractivity contribution in [2.24, 2.45) is 5.73 Å². The summed E-state index contributed by atoms with van der Waals surface area (Å²) in [6.07, 6.45) is 2.53. The smallest absolute Gasteiger partial charge is 0.232 e. The van der Waals surface area contributed by atoms with Gasteiger partial charge in [0.15, 0.2) is 0 Å². The number of hydrogen-bond acceptors (Lipinski definition) is 5. The van der Waals surface area contributed by atoms with Gasteiger partial charge in [0.05, 0.1) is 17.8 Å². The zero-order valence-corrected chi connectivity index (χ0v) is 10.4. The second-order valence-corrected chi connectivity index (χ2v) is 4.10. The van der Waals surface area contributed by atoms with Gasteiger partial charge in [0, 0.05) is 12.6 Å². The van der Waals surface area contributed by atoms with E-state index >= 15 is 0 Å². The highest BCUT2D eigenvalue weighted by atomic mass is 79.9. The number of halogens is 1. The van der Waals surface area contributed by atoms with Crippen molar-refractivity contribution in [1.29, 1.82) is 0 Å². The number of nitrogens with zero attached hydrogens (tertiary/aromatic N) is 2. The molecule has 6 heteroatoms. The molecule has 1 aromatic rings. The highest BCUT2D eigenvalue weighted by molar-refractivity contribution is 9.10. The average molecular weight is 275 g/mol. The first-order chi connectivity index (χ1) is 7.13. The molecule has 1 aromatic heterocycles. The van der Waals surface area contributed by atoms with Crippen LogP contribution in [0, 0.1) is 0 Å². The van der Waals surface area contributed by atoms with Crippen LogP contribution in [0.4, 0.5) is 5.95 Å². The number of nitrogens with two attached hydrogens (primary N) is 1. The van der Waals surface area contributed by atoms with Crippen LogP contribution in [0.5, 0.6) is 5.88 Å². The first kappa shape index (κ1) is 12.2. The van der Waals surface area contributed by atoms with Gasteiger partial charge in [-0.3, -0.25) is 0 Å². The SMILES string of the molecule is COc1nc(NCCC(C)N)ncc1Br. The zero-order chi connectivity index (χ0) is 11.3. The number of rotatable bonds is 5. The number of methoxy groups -OCH3 is 1. The molecular weight excluding hydrogens is 260 g/mol. The first-order valence-corrected chi connectivity index (χ1v) is 5.48. The molecule has 0 saturated heterocycles. The largest absolute Gasteiger partial charge is 0.480 e. The highest BCUT2D eigenvalue weighted by Gasteiger charge is 2.04. The minimum absolute atomic E-state index is 0.176. The van der Waals surface area contributed by atoms with Crippen molar-refractivity contribution < 1.29 is 4.74 Å². The van der Waals surface area contributed by atoms with Crippen molar-refractivity contribution in [2.45, 2.75) is 19.4 Å². The molecule has 84 valence electrons. The second kappa shape index (κ2) is 5.87. The molecule has 1 rings (SSSR count). The summed E-state index contributed by atoms with van der Waals surface area (Å²) in [5.41, 5.74) is 5.62. The normalized spacial score (nSPS) is 12.3. The predicted molar refractivity (Wildman–Crippen MR) is 63.0 cm³/mol. The maximum Gasteiger partial charge on any atom is 0.232 e. The Morgan fingerprint density at radius 3 is 3.00 bits per heavy atom. The van der Waals surface area contributed by atoms with Crippen molar-refractivity contribution in [2.75, 3.05) is 19.0 Å². The van der Waals surface area contributed by atoms with Crippen molar-refractivity contribution in [1.82, 2.24) is 9.97 Å². The third kappa shape index (κ3) is 4.01. The van der Waals surface area contributed by atoms with Gasteiger partial charge in [0.2, 0.25) is 11.8 Å². The maximum absolute atomic E-state index is 5.62. The molecule has 0 aliphatic heterocycles. The molecule has 0 radical (unpaired) electrons. The van der Waals surface area contributed by atoms with E-state index in [0.717, 1.165) is 17.4 Å². The Bertz CT molecular complexity index is 319. The van der Waals surface area contributed by atoms with Crippen molar-refractivity contribution in [3.63, 3.8) is 0 Å². The Kier molecular flexibility index (Phi) is 4.77. The van der Waals surface area contributed by atoms with Crippen molar-refractivity contribution in [3.8, 4) is 5.88 Å². The molecule has 0 aliphatic rings. The third-order valence-electron chi connectivity index (χ3n) is 1.79. The summed E-state index contributed by atoms with van der Waals surface area (Å²) in [5.74, 6) is 1.07. The lowest BCUT2D eigenvalue weighted by molar-refractivity contribution is 0.394. The van der Waals surface area contributed by atoms with E-state index in [1.165, 1.54) is 0 Å². The Labute approximate surface area is 97.6 Å². The maximum atomic E-state index is 5.62. The lowest BCUT2D eigenvalue weighted by Crippen LogP contribution is -2.19. The molecule has 5 nitrogen and oxygen atoms in total. The Hall–Kier alpha value is -0.880. The molecule has 1 atom stereocenters. The monoisotopic (exact) mass is 274 g/mol. The first-order valence-electron chi connectivity index (χ1n) is 4.69. The van der Waals surface area contributed by atoms with Gasteiger partial charge in [-0.1, -0.05) is 0 Å². The number of aromatic nitrogens is 2. The molecule has 0 bridgehead atoms. The zero-order valence-electron chi connectivity index (χ0n) is 8.83. The van der Waals surface area contributed by atoms with Crippen LogP contribution in [-0.2, 0) is 0 Å². The van der Waals surface area contributed by atoms with Gasteiger partial charge in [0.1, 0.15) is 0 Å². The van der Waals surface area contributed by atoms with Crippen molar-refractivity contribution >= 4 is 21.9 Å². The van der Waals surface area contributed by atoms with Crippen LogP contribution in [0.3, 0.4) is 0 Å². The van der Waals surface area contributed by atoms with E-state index in [1.54, 1.807) is 13.3 Å². The van der Waals surface area contributed by atoms with E-state index in [9.17, 15) is 0 Å². The van der Waals surface area contributed by atoms with E-state index in [0.29, 0.717) is 11.8 Å². The number of ether oxygens (including phenoxy) is 1. The fourth-order valence-electron chi connectivity index (χ4n) is 0.991.